The summed E-state index contributed by atoms with van der Waals surface area (Å²) in [6.07, 6.45) is 7.87. The standard InChI is InChI=1S/C38H23N5/c1-3-11-24(12-4-1)42-30-17-9-7-15-26(30)32-33-27-16-8-10-18-31(27)43(25-13-5-2-6-14-25)37(33)35-34(36(32)42)28-23-39-20-19-29(28)41-22-21-40-38(35)41/h1-23H. The molecule has 5 heterocycles. The zero-order valence-electron chi connectivity index (χ0n) is 23.0. The highest BCUT2D eigenvalue weighted by Gasteiger charge is 2.27. The molecule has 0 aliphatic carbocycles. The molecule has 0 aliphatic heterocycles. The maximum atomic E-state index is 5.04. The van der Waals surface area contributed by atoms with E-state index in [1.165, 1.54) is 38.1 Å². The average molecular weight is 550 g/mol. The van der Waals surface area contributed by atoms with Gasteiger partial charge in [0, 0.05) is 68.5 Å². The molecule has 0 unspecified atom stereocenters. The lowest BCUT2D eigenvalue weighted by molar-refractivity contribution is 1.18. The summed E-state index contributed by atoms with van der Waals surface area (Å²) < 4.78 is 7.08. The molecule has 0 radical (unpaired) electrons. The first-order chi connectivity index (χ1) is 21.4. The van der Waals surface area contributed by atoms with E-state index in [0.29, 0.717) is 0 Å². The lowest BCUT2D eigenvalue weighted by Gasteiger charge is -2.16. The zero-order valence-corrected chi connectivity index (χ0v) is 23.0. The minimum absolute atomic E-state index is 0.936. The fourth-order valence-corrected chi connectivity index (χ4v) is 7.34. The van der Waals surface area contributed by atoms with Crippen LogP contribution in [-0.4, -0.2) is 23.5 Å². The molecular weight excluding hydrogens is 526 g/mol. The highest BCUT2D eigenvalue weighted by atomic mass is 15.0. The maximum Gasteiger partial charge on any atom is 0.147 e. The van der Waals surface area contributed by atoms with Crippen LogP contribution >= 0.6 is 0 Å². The number of benzene rings is 5. The lowest BCUT2D eigenvalue weighted by atomic mass is 9.97. The topological polar surface area (TPSA) is 40.0 Å². The molecule has 0 spiro atoms. The van der Waals surface area contributed by atoms with Crippen molar-refractivity contribution in [1.82, 2.24) is 23.5 Å². The van der Waals surface area contributed by atoms with Crippen LogP contribution in [0.15, 0.2) is 140 Å². The van der Waals surface area contributed by atoms with E-state index in [1.54, 1.807) is 0 Å². The number of nitrogens with zero attached hydrogens (tertiary/aromatic N) is 5. The molecular formula is C38H23N5. The number of pyridine rings is 2. The largest absolute Gasteiger partial charge is 0.309 e. The van der Waals surface area contributed by atoms with E-state index < -0.39 is 0 Å². The Morgan fingerprint density at radius 1 is 0.442 bits per heavy atom. The molecule has 10 rings (SSSR count). The van der Waals surface area contributed by atoms with Gasteiger partial charge in [0.2, 0.25) is 0 Å². The molecule has 10 aromatic rings. The maximum absolute atomic E-state index is 5.04. The van der Waals surface area contributed by atoms with Crippen molar-refractivity contribution in [3.63, 3.8) is 0 Å². The van der Waals surface area contributed by atoms with Gasteiger partial charge in [-0.25, -0.2) is 4.98 Å². The van der Waals surface area contributed by atoms with Crippen LogP contribution < -0.4 is 0 Å². The number of hydrogen-bond donors (Lipinski definition) is 0. The van der Waals surface area contributed by atoms with Gasteiger partial charge in [-0.15, -0.1) is 0 Å². The molecule has 0 aliphatic rings. The minimum Gasteiger partial charge on any atom is -0.309 e. The summed E-state index contributed by atoms with van der Waals surface area (Å²) in [7, 11) is 0. The van der Waals surface area contributed by atoms with Gasteiger partial charge in [-0.2, -0.15) is 0 Å². The predicted molar refractivity (Wildman–Crippen MR) is 177 cm³/mol. The Balaban J connectivity index is 1.66. The van der Waals surface area contributed by atoms with E-state index in [9.17, 15) is 0 Å². The van der Waals surface area contributed by atoms with Gasteiger partial charge in [0.1, 0.15) is 5.65 Å². The average Bonchev–Trinajstić information content (AvgIpc) is 3.78. The molecule has 0 fully saturated rings. The van der Waals surface area contributed by atoms with Crippen molar-refractivity contribution >= 4 is 70.9 Å². The molecule has 0 saturated heterocycles. The van der Waals surface area contributed by atoms with Gasteiger partial charge in [-0.1, -0.05) is 72.8 Å². The molecule has 5 aromatic carbocycles. The fraction of sp³-hybridized carbons (Fsp3) is 0. The lowest BCUT2D eigenvalue weighted by Crippen LogP contribution is -1.99. The van der Waals surface area contributed by atoms with E-state index in [2.05, 4.69) is 140 Å². The van der Waals surface area contributed by atoms with E-state index in [0.717, 1.165) is 44.2 Å². The van der Waals surface area contributed by atoms with E-state index in [4.69, 9.17) is 4.98 Å². The summed E-state index contributed by atoms with van der Waals surface area (Å²) in [6, 6.07) is 41.1. The Labute approximate surface area is 245 Å². The van der Waals surface area contributed by atoms with Crippen LogP contribution in [0.2, 0.25) is 0 Å². The number of fused-ring (bicyclic) bond motifs is 15. The number of para-hydroxylation sites is 4. The Bertz CT molecular complexity index is 2710. The van der Waals surface area contributed by atoms with Crippen molar-refractivity contribution in [3.8, 4) is 11.4 Å². The van der Waals surface area contributed by atoms with Gasteiger partial charge in [-0.3, -0.25) is 9.38 Å². The summed E-state index contributed by atoms with van der Waals surface area (Å²) >= 11 is 0. The first-order valence-electron chi connectivity index (χ1n) is 14.5. The van der Waals surface area contributed by atoms with Gasteiger partial charge in [0.05, 0.1) is 33.0 Å². The molecule has 0 N–H and O–H groups in total. The normalized spacial score (nSPS) is 12.2. The number of aromatic nitrogens is 5. The number of imidazole rings is 1. The monoisotopic (exact) mass is 549 g/mol. The van der Waals surface area contributed by atoms with Gasteiger partial charge in [0.25, 0.3) is 0 Å². The Morgan fingerprint density at radius 2 is 0.977 bits per heavy atom. The van der Waals surface area contributed by atoms with Gasteiger partial charge in [-0.05, 0) is 42.5 Å². The highest BCUT2D eigenvalue weighted by molar-refractivity contribution is 6.41. The van der Waals surface area contributed by atoms with Crippen LogP contribution in [0.5, 0.6) is 0 Å². The van der Waals surface area contributed by atoms with Crippen molar-refractivity contribution in [1.29, 1.82) is 0 Å². The molecule has 200 valence electrons. The smallest absolute Gasteiger partial charge is 0.147 e. The fourth-order valence-electron chi connectivity index (χ4n) is 7.34. The van der Waals surface area contributed by atoms with Crippen LogP contribution in [-0.2, 0) is 0 Å². The summed E-state index contributed by atoms with van der Waals surface area (Å²) in [5.41, 5.74) is 8.95. The van der Waals surface area contributed by atoms with Crippen LogP contribution in [0, 0.1) is 0 Å². The Morgan fingerprint density at radius 3 is 1.60 bits per heavy atom. The second-order valence-corrected chi connectivity index (χ2v) is 11.1. The molecule has 0 atom stereocenters. The molecule has 0 saturated carbocycles. The number of hydrogen-bond acceptors (Lipinski definition) is 2. The third kappa shape index (κ3) is 2.85. The Hall–Kier alpha value is -5.94. The SMILES string of the molecule is c1ccc(-n2c3ccccc3c3c4c5ccccc5n(-c5ccccc5)c4c4c(c5cnccc5n5ccnc45)c32)cc1. The summed E-state index contributed by atoms with van der Waals surface area (Å²) in [4.78, 5) is 9.71. The van der Waals surface area contributed by atoms with Gasteiger partial charge in [0.15, 0.2) is 0 Å². The third-order valence-corrected chi connectivity index (χ3v) is 8.94. The predicted octanol–water partition coefficient (Wildman–Crippen LogP) is 9.23. The first kappa shape index (κ1) is 22.7. The molecule has 0 amide bonds. The first-order valence-corrected chi connectivity index (χ1v) is 14.5. The molecule has 5 heteroatoms. The highest BCUT2D eigenvalue weighted by Crippen LogP contribution is 2.49. The third-order valence-electron chi connectivity index (χ3n) is 8.94. The van der Waals surface area contributed by atoms with Crippen molar-refractivity contribution in [3.05, 3.63) is 140 Å². The minimum atomic E-state index is 0.936. The van der Waals surface area contributed by atoms with Crippen molar-refractivity contribution in [2.24, 2.45) is 0 Å². The molecule has 5 nitrogen and oxygen atoms in total. The summed E-state index contributed by atoms with van der Waals surface area (Å²) in [5.74, 6) is 0. The summed E-state index contributed by atoms with van der Waals surface area (Å²) in [5, 5.41) is 8.30. The molecule has 5 aromatic heterocycles. The van der Waals surface area contributed by atoms with Crippen LogP contribution in [0.3, 0.4) is 0 Å². The zero-order chi connectivity index (χ0) is 28.1. The quantitative estimate of drug-likeness (QED) is 0.202. The van der Waals surface area contributed by atoms with Crippen molar-refractivity contribution < 1.29 is 0 Å². The van der Waals surface area contributed by atoms with Crippen LogP contribution in [0.4, 0.5) is 0 Å². The van der Waals surface area contributed by atoms with Crippen molar-refractivity contribution in [2.45, 2.75) is 0 Å². The Kier molecular flexibility index (Phi) is 4.39. The van der Waals surface area contributed by atoms with E-state index >= 15 is 0 Å². The second kappa shape index (κ2) is 8.30. The van der Waals surface area contributed by atoms with Gasteiger partial charge >= 0.3 is 0 Å². The van der Waals surface area contributed by atoms with Crippen LogP contribution in [0.25, 0.3) is 82.3 Å². The second-order valence-electron chi connectivity index (χ2n) is 11.1. The van der Waals surface area contributed by atoms with E-state index in [1.807, 2.05) is 18.6 Å². The summed E-state index contributed by atoms with van der Waals surface area (Å²) in [6.45, 7) is 0. The number of rotatable bonds is 2. The van der Waals surface area contributed by atoms with Crippen molar-refractivity contribution in [2.75, 3.05) is 0 Å². The molecule has 43 heavy (non-hydrogen) atoms. The van der Waals surface area contributed by atoms with Gasteiger partial charge < -0.3 is 9.13 Å². The van der Waals surface area contributed by atoms with E-state index in [-0.39, 0.29) is 0 Å². The van der Waals surface area contributed by atoms with Crippen LogP contribution in [0.1, 0.15) is 0 Å². The molecule has 0 bridgehead atoms.